The van der Waals surface area contributed by atoms with Gasteiger partial charge in [0.25, 0.3) is 5.91 Å². The minimum atomic E-state index is -0.685. The number of carbonyl (C=O) groups is 1. The third-order valence-corrected chi connectivity index (χ3v) is 6.36. The first kappa shape index (κ1) is 21.4. The van der Waals surface area contributed by atoms with Crippen molar-refractivity contribution in [1.29, 1.82) is 5.26 Å². The number of amides is 1. The van der Waals surface area contributed by atoms with Crippen molar-refractivity contribution in [2.75, 3.05) is 4.90 Å². The maximum atomic E-state index is 12.5. The lowest BCUT2D eigenvalue weighted by molar-refractivity contribution is -0.118. The van der Waals surface area contributed by atoms with Gasteiger partial charge in [-0.3, -0.25) is 4.79 Å². The number of nitriles is 1. The molecule has 156 valence electrons. The molecule has 1 N–H and O–H groups in total. The Labute approximate surface area is 195 Å². The van der Waals surface area contributed by atoms with Crippen molar-refractivity contribution in [3.05, 3.63) is 86.1 Å². The molecule has 0 bridgehead atoms. The lowest BCUT2D eigenvalue weighted by atomic mass is 10.1. The second kappa shape index (κ2) is 8.35. The Morgan fingerprint density at radius 2 is 1.84 bits per heavy atom. The van der Waals surface area contributed by atoms with E-state index in [-0.39, 0.29) is 10.6 Å². The minimum absolute atomic E-state index is 0.0610. The van der Waals surface area contributed by atoms with E-state index < -0.39 is 12.1 Å². The second-order valence-corrected chi connectivity index (χ2v) is 8.39. The van der Waals surface area contributed by atoms with E-state index in [9.17, 15) is 10.1 Å². The molecule has 1 atom stereocenters. The fraction of sp³-hybridized carbons (Fsp3) is 0.130. The van der Waals surface area contributed by atoms with Crippen LogP contribution in [0, 0.1) is 25.2 Å². The van der Waals surface area contributed by atoms with Crippen molar-refractivity contribution in [2.24, 2.45) is 0 Å². The van der Waals surface area contributed by atoms with Crippen LogP contribution in [0.1, 0.15) is 23.1 Å². The number of furan rings is 1. The number of anilines is 1. The van der Waals surface area contributed by atoms with E-state index in [2.05, 4.69) is 17.9 Å². The smallest absolute Gasteiger partial charge is 0.266 e. The Morgan fingerprint density at radius 3 is 2.52 bits per heavy atom. The highest BCUT2D eigenvalue weighted by Crippen LogP contribution is 2.38. The minimum Gasteiger partial charge on any atom is -0.457 e. The molecule has 1 amide bonds. The largest absolute Gasteiger partial charge is 0.457 e. The molecule has 4 rings (SSSR count). The molecule has 3 aromatic rings. The van der Waals surface area contributed by atoms with Crippen LogP contribution in [0.4, 0.5) is 5.69 Å². The average molecular weight is 470 g/mol. The summed E-state index contributed by atoms with van der Waals surface area (Å²) in [5, 5.41) is 13.4. The summed E-state index contributed by atoms with van der Waals surface area (Å²) < 4.78 is 6.08. The zero-order valence-electron chi connectivity index (χ0n) is 16.6. The average Bonchev–Trinajstić information content (AvgIpc) is 3.22. The predicted octanol–water partition coefficient (Wildman–Crippen LogP) is 6.17. The molecule has 0 aliphatic carbocycles. The van der Waals surface area contributed by atoms with E-state index >= 15 is 0 Å². The van der Waals surface area contributed by atoms with E-state index in [1.54, 1.807) is 35.2 Å². The standard InChI is InChI=1S/C23H17Cl2N3O2S/c1-12-3-5-15(9-13(12)2)28-21(27-22(29)16(11-26)23(28)31)20-8-7-19(30-20)14-4-6-17(24)18(25)10-14/h3-10,21,31H,1-2H3,(H,27,29). The molecule has 0 spiro atoms. The lowest BCUT2D eigenvalue weighted by Crippen LogP contribution is -2.45. The zero-order chi connectivity index (χ0) is 22.3. The molecular formula is C23H17Cl2N3O2S. The maximum absolute atomic E-state index is 12.5. The van der Waals surface area contributed by atoms with Gasteiger partial charge in [-0.2, -0.15) is 5.26 Å². The fourth-order valence-electron chi connectivity index (χ4n) is 3.36. The van der Waals surface area contributed by atoms with Crippen LogP contribution in [0.2, 0.25) is 10.0 Å². The normalized spacial score (nSPS) is 16.3. The van der Waals surface area contributed by atoms with Gasteiger partial charge in [-0.15, -0.1) is 12.6 Å². The molecule has 31 heavy (non-hydrogen) atoms. The molecule has 0 radical (unpaired) electrons. The van der Waals surface area contributed by atoms with Gasteiger partial charge in [-0.05, 0) is 67.4 Å². The van der Waals surface area contributed by atoms with E-state index in [1.165, 1.54) is 0 Å². The van der Waals surface area contributed by atoms with E-state index in [0.29, 0.717) is 21.6 Å². The summed E-state index contributed by atoms with van der Waals surface area (Å²) in [5.41, 5.74) is 3.67. The maximum Gasteiger partial charge on any atom is 0.266 e. The molecule has 1 aliphatic rings. The molecule has 1 aromatic heterocycles. The molecule has 0 fully saturated rings. The first-order valence-electron chi connectivity index (χ1n) is 9.36. The van der Waals surface area contributed by atoms with Gasteiger partial charge in [0.05, 0.1) is 15.1 Å². The fourth-order valence-corrected chi connectivity index (χ4v) is 4.04. The van der Waals surface area contributed by atoms with Crippen LogP contribution in [0.15, 0.2) is 63.6 Å². The SMILES string of the molecule is Cc1ccc(N2C(S)=C(C#N)C(=O)NC2c2ccc(-c3ccc(Cl)c(Cl)c3)o2)cc1C. The Balaban J connectivity index is 1.80. The number of carbonyl (C=O) groups excluding carboxylic acids is 1. The van der Waals surface area contributed by atoms with Gasteiger partial charge >= 0.3 is 0 Å². The zero-order valence-corrected chi connectivity index (χ0v) is 19.0. The number of nitrogens with zero attached hydrogens (tertiary/aromatic N) is 2. The number of rotatable bonds is 3. The first-order valence-corrected chi connectivity index (χ1v) is 10.6. The van der Waals surface area contributed by atoms with E-state index in [1.807, 2.05) is 38.1 Å². The Bertz CT molecular complexity index is 1280. The summed E-state index contributed by atoms with van der Waals surface area (Å²) in [6.07, 6.45) is -0.685. The molecule has 2 aromatic carbocycles. The lowest BCUT2D eigenvalue weighted by Gasteiger charge is -2.36. The molecule has 2 heterocycles. The number of aryl methyl sites for hydroxylation is 2. The summed E-state index contributed by atoms with van der Waals surface area (Å²) in [4.78, 5) is 14.3. The summed E-state index contributed by atoms with van der Waals surface area (Å²) in [5.74, 6) is 0.542. The van der Waals surface area contributed by atoms with Crippen molar-refractivity contribution >= 4 is 47.4 Å². The van der Waals surface area contributed by atoms with Crippen LogP contribution >= 0.6 is 35.8 Å². The van der Waals surface area contributed by atoms with Gasteiger partial charge in [0, 0.05) is 11.3 Å². The van der Waals surface area contributed by atoms with Gasteiger partial charge in [0.2, 0.25) is 0 Å². The Morgan fingerprint density at radius 1 is 1.06 bits per heavy atom. The van der Waals surface area contributed by atoms with Crippen molar-refractivity contribution in [1.82, 2.24) is 5.32 Å². The number of hydrogen-bond acceptors (Lipinski definition) is 5. The highest BCUT2D eigenvalue weighted by Gasteiger charge is 2.36. The van der Waals surface area contributed by atoms with Gasteiger partial charge in [-0.25, -0.2) is 0 Å². The van der Waals surface area contributed by atoms with E-state index in [0.717, 1.165) is 22.4 Å². The number of benzene rings is 2. The van der Waals surface area contributed by atoms with Crippen LogP contribution in [0.3, 0.4) is 0 Å². The monoisotopic (exact) mass is 469 g/mol. The van der Waals surface area contributed by atoms with Gasteiger partial charge < -0.3 is 14.6 Å². The highest BCUT2D eigenvalue weighted by molar-refractivity contribution is 7.84. The number of halogens is 2. The van der Waals surface area contributed by atoms with Crippen LogP contribution in [0.25, 0.3) is 11.3 Å². The highest BCUT2D eigenvalue weighted by atomic mass is 35.5. The molecule has 8 heteroatoms. The van der Waals surface area contributed by atoms with Gasteiger partial charge in [0.15, 0.2) is 6.17 Å². The van der Waals surface area contributed by atoms with Crippen molar-refractivity contribution < 1.29 is 9.21 Å². The Kier molecular flexibility index (Phi) is 5.76. The van der Waals surface area contributed by atoms with Crippen LogP contribution in [-0.4, -0.2) is 5.91 Å². The van der Waals surface area contributed by atoms with Crippen LogP contribution < -0.4 is 10.2 Å². The first-order chi connectivity index (χ1) is 14.8. The molecule has 5 nitrogen and oxygen atoms in total. The van der Waals surface area contributed by atoms with Crippen molar-refractivity contribution in [3.8, 4) is 17.4 Å². The van der Waals surface area contributed by atoms with Crippen LogP contribution in [-0.2, 0) is 4.79 Å². The van der Waals surface area contributed by atoms with Gasteiger partial charge in [0.1, 0.15) is 23.2 Å². The van der Waals surface area contributed by atoms with Crippen LogP contribution in [0.5, 0.6) is 0 Å². The van der Waals surface area contributed by atoms with E-state index in [4.69, 9.17) is 27.6 Å². The van der Waals surface area contributed by atoms with Crippen molar-refractivity contribution in [2.45, 2.75) is 20.0 Å². The second-order valence-electron chi connectivity index (χ2n) is 7.16. The molecule has 0 saturated heterocycles. The summed E-state index contributed by atoms with van der Waals surface area (Å²) in [6, 6.07) is 16.6. The summed E-state index contributed by atoms with van der Waals surface area (Å²) in [6.45, 7) is 4.02. The number of hydrogen-bond donors (Lipinski definition) is 2. The summed E-state index contributed by atoms with van der Waals surface area (Å²) in [7, 11) is 0. The van der Waals surface area contributed by atoms with Gasteiger partial charge in [-0.1, -0.05) is 29.3 Å². The molecule has 0 saturated carbocycles. The number of thiol groups is 1. The number of nitrogens with one attached hydrogen (secondary N) is 1. The summed E-state index contributed by atoms with van der Waals surface area (Å²) >= 11 is 16.7. The molecular weight excluding hydrogens is 453 g/mol. The molecule has 1 unspecified atom stereocenters. The quantitative estimate of drug-likeness (QED) is 0.449. The topological polar surface area (TPSA) is 69.3 Å². The third kappa shape index (κ3) is 3.92. The predicted molar refractivity (Wildman–Crippen MR) is 125 cm³/mol. The Hall–Kier alpha value is -2.85. The molecule has 1 aliphatic heterocycles. The third-order valence-electron chi connectivity index (χ3n) is 5.19. The van der Waals surface area contributed by atoms with Crippen molar-refractivity contribution in [3.63, 3.8) is 0 Å².